The van der Waals surface area contributed by atoms with Crippen LogP contribution in [0.25, 0.3) is 28.1 Å². The number of nitrogens with one attached hydrogen (secondary N) is 1. The number of para-hydroxylation sites is 2. The van der Waals surface area contributed by atoms with Gasteiger partial charge < -0.3 is 4.98 Å². The van der Waals surface area contributed by atoms with Gasteiger partial charge in [0.25, 0.3) is 0 Å². The third-order valence-corrected chi connectivity index (χ3v) is 3.36. The van der Waals surface area contributed by atoms with E-state index in [0.29, 0.717) is 17.1 Å². The van der Waals surface area contributed by atoms with Crippen LogP contribution in [0.1, 0.15) is 0 Å². The Bertz CT molecular complexity index is 890. The van der Waals surface area contributed by atoms with Gasteiger partial charge in [-0.3, -0.25) is 0 Å². The van der Waals surface area contributed by atoms with E-state index in [1.54, 1.807) is 35.3 Å². The number of fused-ring (bicyclic) bond motifs is 1. The highest BCUT2D eigenvalue weighted by Gasteiger charge is 2.09. The van der Waals surface area contributed by atoms with Crippen molar-refractivity contribution < 1.29 is 4.39 Å². The van der Waals surface area contributed by atoms with Gasteiger partial charge in [0, 0.05) is 17.3 Å². The minimum atomic E-state index is -0.262. The highest BCUT2D eigenvalue weighted by molar-refractivity contribution is 5.76. The Balaban J connectivity index is 1.79. The van der Waals surface area contributed by atoms with Gasteiger partial charge in [0.05, 0.1) is 17.2 Å². The summed E-state index contributed by atoms with van der Waals surface area (Å²) in [5.41, 5.74) is 3.05. The van der Waals surface area contributed by atoms with Gasteiger partial charge in [-0.25, -0.2) is 14.1 Å². The van der Waals surface area contributed by atoms with Crippen molar-refractivity contribution in [3.63, 3.8) is 0 Å². The van der Waals surface area contributed by atoms with Crippen LogP contribution in [0.4, 0.5) is 4.39 Å². The number of aromatic nitrogens is 4. The first kappa shape index (κ1) is 11.8. The largest absolute Gasteiger partial charge is 0.322 e. The number of benzene rings is 2. The number of imidazole rings is 1. The molecule has 0 saturated heterocycles. The highest BCUT2D eigenvalue weighted by Crippen LogP contribution is 2.23. The van der Waals surface area contributed by atoms with Crippen molar-refractivity contribution >= 4 is 11.0 Å². The van der Waals surface area contributed by atoms with Crippen molar-refractivity contribution in [1.29, 1.82) is 0 Å². The molecule has 2 aromatic carbocycles. The molecule has 102 valence electrons. The van der Waals surface area contributed by atoms with Gasteiger partial charge in [0.15, 0.2) is 0 Å². The molecular weight excluding hydrogens is 267 g/mol. The fourth-order valence-electron chi connectivity index (χ4n) is 2.32. The summed E-state index contributed by atoms with van der Waals surface area (Å²) in [6, 6.07) is 14.4. The number of rotatable bonds is 2. The summed E-state index contributed by atoms with van der Waals surface area (Å²) in [6.45, 7) is 0. The SMILES string of the molecule is Fc1ccccc1-c1cnn(-c2nc3ccccc3[nH]2)c1. The van der Waals surface area contributed by atoms with Crippen LogP contribution >= 0.6 is 0 Å². The first-order valence-corrected chi connectivity index (χ1v) is 6.56. The highest BCUT2D eigenvalue weighted by atomic mass is 19.1. The van der Waals surface area contributed by atoms with E-state index < -0.39 is 0 Å². The van der Waals surface area contributed by atoms with Gasteiger partial charge in [0.2, 0.25) is 5.95 Å². The van der Waals surface area contributed by atoms with E-state index in [2.05, 4.69) is 15.1 Å². The van der Waals surface area contributed by atoms with Gasteiger partial charge in [0.1, 0.15) is 5.82 Å². The molecule has 0 fully saturated rings. The number of H-pyrrole nitrogens is 1. The van der Waals surface area contributed by atoms with Gasteiger partial charge in [-0.2, -0.15) is 5.10 Å². The van der Waals surface area contributed by atoms with Crippen LogP contribution in [-0.4, -0.2) is 19.7 Å². The molecule has 21 heavy (non-hydrogen) atoms. The molecule has 2 aromatic heterocycles. The predicted molar refractivity (Wildman–Crippen MR) is 78.6 cm³/mol. The molecule has 4 rings (SSSR count). The molecule has 1 N–H and O–H groups in total. The lowest BCUT2D eigenvalue weighted by atomic mass is 10.1. The molecule has 4 aromatic rings. The van der Waals surface area contributed by atoms with E-state index in [1.807, 2.05) is 24.3 Å². The lowest BCUT2D eigenvalue weighted by Gasteiger charge is -1.98. The topological polar surface area (TPSA) is 46.5 Å². The molecule has 0 amide bonds. The summed E-state index contributed by atoms with van der Waals surface area (Å²) >= 11 is 0. The summed E-state index contributed by atoms with van der Waals surface area (Å²) in [7, 11) is 0. The van der Waals surface area contributed by atoms with Crippen molar-refractivity contribution in [2.45, 2.75) is 0 Å². The first-order chi connectivity index (χ1) is 10.3. The van der Waals surface area contributed by atoms with E-state index >= 15 is 0 Å². The van der Waals surface area contributed by atoms with Gasteiger partial charge in [-0.05, 0) is 18.2 Å². The molecule has 2 heterocycles. The summed E-state index contributed by atoms with van der Waals surface area (Å²) in [6.07, 6.45) is 3.39. The minimum Gasteiger partial charge on any atom is -0.322 e. The lowest BCUT2D eigenvalue weighted by Crippen LogP contribution is -1.95. The second-order valence-corrected chi connectivity index (χ2v) is 4.73. The van der Waals surface area contributed by atoms with Crippen LogP contribution in [-0.2, 0) is 0 Å². The normalized spacial score (nSPS) is 11.1. The van der Waals surface area contributed by atoms with Crippen LogP contribution in [0.5, 0.6) is 0 Å². The Kier molecular flexibility index (Phi) is 2.57. The molecule has 0 atom stereocenters. The molecule has 0 saturated carbocycles. The van der Waals surface area contributed by atoms with Gasteiger partial charge in [-0.15, -0.1) is 0 Å². The fourth-order valence-corrected chi connectivity index (χ4v) is 2.32. The quantitative estimate of drug-likeness (QED) is 0.609. The second-order valence-electron chi connectivity index (χ2n) is 4.73. The van der Waals surface area contributed by atoms with E-state index in [0.717, 1.165) is 11.0 Å². The Labute approximate surface area is 119 Å². The van der Waals surface area contributed by atoms with Crippen LogP contribution in [0.3, 0.4) is 0 Å². The molecule has 0 spiro atoms. The Morgan fingerprint density at radius 1 is 1.00 bits per heavy atom. The van der Waals surface area contributed by atoms with E-state index in [1.165, 1.54) is 6.07 Å². The second kappa shape index (κ2) is 4.56. The zero-order valence-electron chi connectivity index (χ0n) is 11.0. The third-order valence-electron chi connectivity index (χ3n) is 3.36. The van der Waals surface area contributed by atoms with Crippen molar-refractivity contribution in [3.05, 3.63) is 66.7 Å². The molecule has 0 aliphatic heterocycles. The summed E-state index contributed by atoms with van der Waals surface area (Å²) in [5, 5.41) is 4.26. The minimum absolute atomic E-state index is 0.262. The van der Waals surface area contributed by atoms with Crippen molar-refractivity contribution in [3.8, 4) is 17.1 Å². The van der Waals surface area contributed by atoms with E-state index in [-0.39, 0.29) is 5.82 Å². The standard InChI is InChI=1S/C16H11FN4/c17-13-6-2-1-5-12(13)11-9-18-21(10-11)16-19-14-7-3-4-8-15(14)20-16/h1-10H,(H,19,20). The van der Waals surface area contributed by atoms with E-state index in [9.17, 15) is 4.39 Å². The molecule has 0 unspecified atom stereocenters. The molecule has 0 aliphatic rings. The third kappa shape index (κ3) is 1.99. The summed E-state index contributed by atoms with van der Waals surface area (Å²) in [5.74, 6) is 0.348. The number of halogens is 1. The molecule has 0 radical (unpaired) electrons. The predicted octanol–water partition coefficient (Wildman–Crippen LogP) is 3.55. The molecular formula is C16H11FN4. The van der Waals surface area contributed by atoms with Crippen LogP contribution in [0.2, 0.25) is 0 Å². The number of hydrogen-bond donors (Lipinski definition) is 1. The van der Waals surface area contributed by atoms with Crippen molar-refractivity contribution in [1.82, 2.24) is 19.7 Å². The van der Waals surface area contributed by atoms with Crippen LogP contribution in [0.15, 0.2) is 60.9 Å². The summed E-state index contributed by atoms with van der Waals surface area (Å²) < 4.78 is 15.4. The average Bonchev–Trinajstić information content (AvgIpc) is 3.14. The van der Waals surface area contributed by atoms with Crippen molar-refractivity contribution in [2.24, 2.45) is 0 Å². The Morgan fingerprint density at radius 2 is 1.81 bits per heavy atom. The maximum absolute atomic E-state index is 13.8. The van der Waals surface area contributed by atoms with Gasteiger partial charge >= 0.3 is 0 Å². The van der Waals surface area contributed by atoms with Crippen molar-refractivity contribution in [2.75, 3.05) is 0 Å². The zero-order chi connectivity index (χ0) is 14.2. The van der Waals surface area contributed by atoms with Crippen LogP contribution in [0, 0.1) is 5.82 Å². The number of nitrogens with zero attached hydrogens (tertiary/aromatic N) is 3. The number of hydrogen-bond acceptors (Lipinski definition) is 2. The van der Waals surface area contributed by atoms with Crippen LogP contribution < -0.4 is 0 Å². The Morgan fingerprint density at radius 3 is 2.67 bits per heavy atom. The zero-order valence-corrected chi connectivity index (χ0v) is 11.0. The molecule has 4 nitrogen and oxygen atoms in total. The van der Waals surface area contributed by atoms with E-state index in [4.69, 9.17) is 0 Å². The molecule has 0 bridgehead atoms. The smallest absolute Gasteiger partial charge is 0.229 e. The number of aromatic amines is 1. The summed E-state index contributed by atoms with van der Waals surface area (Å²) in [4.78, 5) is 7.65. The lowest BCUT2D eigenvalue weighted by molar-refractivity contribution is 0.631. The molecule has 5 heteroatoms. The first-order valence-electron chi connectivity index (χ1n) is 6.56. The monoisotopic (exact) mass is 278 g/mol. The maximum Gasteiger partial charge on any atom is 0.229 e. The fraction of sp³-hybridized carbons (Fsp3) is 0. The molecule has 0 aliphatic carbocycles. The van der Waals surface area contributed by atoms with Gasteiger partial charge in [-0.1, -0.05) is 30.3 Å². The maximum atomic E-state index is 13.8. The average molecular weight is 278 g/mol. The Hall–Kier alpha value is -2.95.